The summed E-state index contributed by atoms with van der Waals surface area (Å²) in [5, 5.41) is 8.87. The molecule has 1 aromatic heterocycles. The topological polar surface area (TPSA) is 56.7 Å². The molecule has 0 unspecified atom stereocenters. The number of rotatable bonds is 7. The lowest BCUT2D eigenvalue weighted by Crippen LogP contribution is -2.41. The lowest BCUT2D eigenvalue weighted by molar-refractivity contribution is -0.116. The van der Waals surface area contributed by atoms with Gasteiger partial charge < -0.3 is 15.5 Å². The average molecular weight is 393 g/mol. The van der Waals surface area contributed by atoms with E-state index in [0.717, 1.165) is 30.2 Å². The molecule has 0 aliphatic carbocycles. The summed E-state index contributed by atoms with van der Waals surface area (Å²) in [6.45, 7) is 3.27. The van der Waals surface area contributed by atoms with E-state index in [1.807, 2.05) is 32.2 Å². The van der Waals surface area contributed by atoms with Crippen LogP contribution in [-0.2, 0) is 11.2 Å². The van der Waals surface area contributed by atoms with Crippen molar-refractivity contribution in [2.75, 3.05) is 32.5 Å². The molecular weight excluding hydrogens is 368 g/mol. The highest BCUT2D eigenvalue weighted by atomic mass is 35.5. The largest absolute Gasteiger partial charge is 0.356 e. The fraction of sp³-hybridized carbons (Fsp3) is 0.368. The molecule has 0 radical (unpaired) electrons. The summed E-state index contributed by atoms with van der Waals surface area (Å²) in [4.78, 5) is 19.8. The molecule has 2 rings (SSSR count). The Morgan fingerprint density at radius 2 is 2.12 bits per heavy atom. The molecule has 2 N–H and O–H groups in total. The van der Waals surface area contributed by atoms with Crippen LogP contribution < -0.4 is 10.6 Å². The maximum absolute atomic E-state index is 12.2. The van der Waals surface area contributed by atoms with E-state index in [0.29, 0.717) is 18.0 Å². The number of halogens is 1. The molecule has 2 aromatic rings. The van der Waals surface area contributed by atoms with Crippen LogP contribution in [0.5, 0.6) is 0 Å². The van der Waals surface area contributed by atoms with E-state index in [1.165, 1.54) is 4.88 Å². The summed E-state index contributed by atoms with van der Waals surface area (Å²) in [5.41, 5.74) is 1.62. The number of likely N-dealkylation sites (N-methyl/N-ethyl adjacent to an activating group) is 1. The number of anilines is 1. The summed E-state index contributed by atoms with van der Waals surface area (Å²) in [5.74, 6) is 0.729. The summed E-state index contributed by atoms with van der Waals surface area (Å²) in [7, 11) is 3.75. The van der Waals surface area contributed by atoms with Gasteiger partial charge in [-0.3, -0.25) is 9.79 Å². The van der Waals surface area contributed by atoms with Crippen molar-refractivity contribution >= 4 is 40.5 Å². The first-order valence-electron chi connectivity index (χ1n) is 8.50. The van der Waals surface area contributed by atoms with E-state index in [4.69, 9.17) is 11.6 Å². The predicted molar refractivity (Wildman–Crippen MR) is 111 cm³/mol. The Labute approximate surface area is 164 Å². The van der Waals surface area contributed by atoms with Gasteiger partial charge in [0.1, 0.15) is 0 Å². The molecule has 0 saturated heterocycles. The lowest BCUT2D eigenvalue weighted by Gasteiger charge is -2.21. The zero-order valence-electron chi connectivity index (χ0n) is 15.4. The van der Waals surface area contributed by atoms with Gasteiger partial charge in [0.05, 0.1) is 0 Å². The van der Waals surface area contributed by atoms with Crippen LogP contribution in [0.4, 0.5) is 5.69 Å². The molecule has 1 amide bonds. The van der Waals surface area contributed by atoms with E-state index in [9.17, 15) is 4.79 Å². The number of benzene rings is 1. The molecule has 1 heterocycles. The minimum atomic E-state index is -0.0560. The number of nitrogens with zero attached hydrogens (tertiary/aromatic N) is 2. The minimum absolute atomic E-state index is 0.0560. The van der Waals surface area contributed by atoms with Gasteiger partial charge in [0, 0.05) is 49.2 Å². The molecular formula is C19H25ClN4OS. The number of hydrogen-bond acceptors (Lipinski definition) is 3. The van der Waals surface area contributed by atoms with Gasteiger partial charge in [-0.2, -0.15) is 0 Å². The number of nitrogens with one attached hydrogen (secondary N) is 2. The number of aliphatic imine (C=N–C) groups is 1. The van der Waals surface area contributed by atoms with Crippen molar-refractivity contribution in [3.05, 3.63) is 51.2 Å². The summed E-state index contributed by atoms with van der Waals surface area (Å²) >= 11 is 7.84. The standard InChI is InChI=1S/C19H25ClN4OS/c1-14-16(20)7-4-8-17(14)23-18(25)9-11-22-19(21-2)24(3)12-10-15-6-5-13-26-15/h4-8,13H,9-12H2,1-3H3,(H,21,22)(H,23,25). The molecule has 0 spiro atoms. The number of guanidine groups is 1. The van der Waals surface area contributed by atoms with E-state index in [-0.39, 0.29) is 5.91 Å². The Morgan fingerprint density at radius 3 is 2.81 bits per heavy atom. The van der Waals surface area contributed by atoms with Gasteiger partial charge in [0.25, 0.3) is 0 Å². The number of amides is 1. The van der Waals surface area contributed by atoms with Gasteiger partial charge in [-0.15, -0.1) is 11.3 Å². The molecule has 0 bridgehead atoms. The van der Waals surface area contributed by atoms with Crippen molar-refractivity contribution < 1.29 is 4.79 Å². The highest BCUT2D eigenvalue weighted by molar-refractivity contribution is 7.09. The average Bonchev–Trinajstić information content (AvgIpc) is 3.14. The monoisotopic (exact) mass is 392 g/mol. The molecule has 0 atom stereocenters. The van der Waals surface area contributed by atoms with Crippen LogP contribution in [0.2, 0.25) is 5.02 Å². The van der Waals surface area contributed by atoms with Gasteiger partial charge in [0.15, 0.2) is 5.96 Å². The molecule has 26 heavy (non-hydrogen) atoms. The smallest absolute Gasteiger partial charge is 0.226 e. The molecule has 7 heteroatoms. The van der Waals surface area contributed by atoms with Gasteiger partial charge in [-0.05, 0) is 42.5 Å². The molecule has 0 saturated carbocycles. The Kier molecular flexibility index (Phi) is 7.94. The quantitative estimate of drug-likeness (QED) is 0.556. The molecule has 140 valence electrons. The number of hydrogen-bond donors (Lipinski definition) is 2. The van der Waals surface area contributed by atoms with Crippen LogP contribution in [0, 0.1) is 6.92 Å². The van der Waals surface area contributed by atoms with E-state index >= 15 is 0 Å². The van der Waals surface area contributed by atoms with Crippen LogP contribution >= 0.6 is 22.9 Å². The summed E-state index contributed by atoms with van der Waals surface area (Å²) in [6, 6.07) is 9.69. The van der Waals surface area contributed by atoms with Gasteiger partial charge in [-0.25, -0.2) is 0 Å². The number of carbonyl (C=O) groups is 1. The van der Waals surface area contributed by atoms with E-state index in [2.05, 4.69) is 38.0 Å². The Morgan fingerprint density at radius 1 is 1.31 bits per heavy atom. The summed E-state index contributed by atoms with van der Waals surface area (Å²) in [6.07, 6.45) is 1.33. The van der Waals surface area contributed by atoms with Crippen LogP contribution in [0.1, 0.15) is 16.9 Å². The van der Waals surface area contributed by atoms with Crippen molar-refractivity contribution in [1.29, 1.82) is 0 Å². The molecule has 0 aliphatic heterocycles. The second kappa shape index (κ2) is 10.2. The fourth-order valence-electron chi connectivity index (χ4n) is 2.47. The predicted octanol–water partition coefficient (Wildman–Crippen LogP) is 3.79. The van der Waals surface area contributed by atoms with Crippen molar-refractivity contribution in [3.8, 4) is 0 Å². The SMILES string of the molecule is CN=C(NCCC(=O)Nc1cccc(Cl)c1C)N(C)CCc1cccs1. The molecule has 0 fully saturated rings. The number of thiophene rings is 1. The maximum Gasteiger partial charge on any atom is 0.226 e. The fourth-order valence-corrected chi connectivity index (χ4v) is 3.34. The van der Waals surface area contributed by atoms with E-state index < -0.39 is 0 Å². The minimum Gasteiger partial charge on any atom is -0.356 e. The van der Waals surface area contributed by atoms with Crippen LogP contribution in [0.3, 0.4) is 0 Å². The van der Waals surface area contributed by atoms with Crippen molar-refractivity contribution in [2.45, 2.75) is 19.8 Å². The first kappa shape index (κ1) is 20.3. The van der Waals surface area contributed by atoms with Crippen LogP contribution in [0.15, 0.2) is 40.7 Å². The zero-order chi connectivity index (χ0) is 18.9. The van der Waals surface area contributed by atoms with Gasteiger partial charge in [-0.1, -0.05) is 23.7 Å². The highest BCUT2D eigenvalue weighted by Crippen LogP contribution is 2.22. The first-order valence-corrected chi connectivity index (χ1v) is 9.76. The Bertz CT molecular complexity index is 746. The molecule has 1 aromatic carbocycles. The van der Waals surface area contributed by atoms with Gasteiger partial charge in [0.2, 0.25) is 5.91 Å². The third-order valence-corrected chi connectivity index (χ3v) is 5.37. The second-order valence-corrected chi connectivity index (χ2v) is 7.37. The van der Waals surface area contributed by atoms with Crippen LogP contribution in [0.25, 0.3) is 0 Å². The first-order chi connectivity index (χ1) is 12.5. The van der Waals surface area contributed by atoms with Gasteiger partial charge >= 0.3 is 0 Å². The van der Waals surface area contributed by atoms with Crippen molar-refractivity contribution in [2.24, 2.45) is 4.99 Å². The molecule has 0 aliphatic rings. The molecule has 5 nitrogen and oxygen atoms in total. The normalized spacial score (nSPS) is 11.3. The third kappa shape index (κ3) is 6.04. The zero-order valence-corrected chi connectivity index (χ0v) is 17.0. The highest BCUT2D eigenvalue weighted by Gasteiger charge is 2.09. The van der Waals surface area contributed by atoms with Crippen molar-refractivity contribution in [3.63, 3.8) is 0 Å². The maximum atomic E-state index is 12.2. The Hall–Kier alpha value is -2.05. The van der Waals surface area contributed by atoms with E-state index in [1.54, 1.807) is 18.4 Å². The third-order valence-electron chi connectivity index (χ3n) is 4.02. The summed E-state index contributed by atoms with van der Waals surface area (Å²) < 4.78 is 0. The second-order valence-electron chi connectivity index (χ2n) is 5.94. The van der Waals surface area contributed by atoms with Crippen LogP contribution in [-0.4, -0.2) is 44.0 Å². The number of carbonyl (C=O) groups excluding carboxylic acids is 1. The Balaban J connectivity index is 1.75. The lowest BCUT2D eigenvalue weighted by atomic mass is 10.2. The van der Waals surface area contributed by atoms with Crippen molar-refractivity contribution in [1.82, 2.24) is 10.2 Å².